The van der Waals surface area contributed by atoms with Gasteiger partial charge in [-0.15, -0.1) is 11.3 Å². The first-order valence-corrected chi connectivity index (χ1v) is 23.4. The fourth-order valence-corrected chi connectivity index (χ4v) is 12.9. The molecular formula is C59H40N4S. The van der Waals surface area contributed by atoms with Crippen LogP contribution in [0.4, 0.5) is 0 Å². The Bertz CT molecular complexity index is 3870. The van der Waals surface area contributed by atoms with Crippen molar-refractivity contribution in [2.24, 2.45) is 0 Å². The molecule has 12 aromatic rings. The molecule has 2 aliphatic rings. The Kier molecular flexibility index (Phi) is 7.75. The first-order chi connectivity index (χ1) is 31.7. The van der Waals surface area contributed by atoms with Crippen LogP contribution in [0.15, 0.2) is 182 Å². The van der Waals surface area contributed by atoms with Gasteiger partial charge in [-0.1, -0.05) is 159 Å². The van der Waals surface area contributed by atoms with Gasteiger partial charge in [0.15, 0.2) is 17.5 Å². The van der Waals surface area contributed by atoms with E-state index in [1.807, 2.05) is 29.5 Å². The van der Waals surface area contributed by atoms with Gasteiger partial charge in [0, 0.05) is 64.1 Å². The van der Waals surface area contributed by atoms with E-state index in [2.05, 4.69) is 168 Å². The standard InChI is InChI=1S/C59H40N4S/c1-3-17-37(18-4-1)56-60-57(62-58(61-56)45-24-15-27-49-50(45)44-23-10-12-26-48(44)64-49)38-28-31-39(32-29-38)63-47-33-30-36-16-5-6-19-40(36)52(47)53-54-51(41-20-7-8-21-42(41)55(53)63)43-22-9-11-25-46(43)59(54)34-13-2-14-35-59/h1,3-12,15-33H,2,13-14,34-35H2. The maximum absolute atomic E-state index is 5.29. The van der Waals surface area contributed by atoms with Crippen LogP contribution in [0.1, 0.15) is 43.2 Å². The zero-order valence-electron chi connectivity index (χ0n) is 35.1. The average Bonchev–Trinajstić information content (AvgIpc) is 4.01. The van der Waals surface area contributed by atoms with E-state index < -0.39 is 0 Å². The third-order valence-corrected chi connectivity index (χ3v) is 15.5. The van der Waals surface area contributed by atoms with Crippen LogP contribution in [-0.2, 0) is 5.41 Å². The van der Waals surface area contributed by atoms with Gasteiger partial charge < -0.3 is 4.57 Å². The molecule has 14 rings (SSSR count). The zero-order chi connectivity index (χ0) is 41.9. The van der Waals surface area contributed by atoms with Crippen molar-refractivity contribution in [1.29, 1.82) is 0 Å². The van der Waals surface area contributed by atoms with E-state index in [0.717, 1.165) is 22.4 Å². The highest BCUT2D eigenvalue weighted by Gasteiger charge is 2.46. The highest BCUT2D eigenvalue weighted by Crippen LogP contribution is 2.61. The summed E-state index contributed by atoms with van der Waals surface area (Å²) >= 11 is 1.81. The lowest BCUT2D eigenvalue weighted by Crippen LogP contribution is -2.28. The number of nitrogens with zero attached hydrogens (tertiary/aromatic N) is 4. The Morgan fingerprint density at radius 2 is 1.08 bits per heavy atom. The van der Waals surface area contributed by atoms with E-state index in [1.54, 1.807) is 5.56 Å². The summed E-state index contributed by atoms with van der Waals surface area (Å²) in [5.74, 6) is 1.99. The van der Waals surface area contributed by atoms with Gasteiger partial charge in [-0.3, -0.25) is 0 Å². The van der Waals surface area contributed by atoms with E-state index in [0.29, 0.717) is 17.5 Å². The molecule has 64 heavy (non-hydrogen) atoms. The minimum atomic E-state index is -0.0289. The summed E-state index contributed by atoms with van der Waals surface area (Å²) in [7, 11) is 0. The topological polar surface area (TPSA) is 43.6 Å². The van der Waals surface area contributed by atoms with Crippen molar-refractivity contribution in [2.45, 2.75) is 37.5 Å². The molecule has 1 saturated carbocycles. The summed E-state index contributed by atoms with van der Waals surface area (Å²) in [5, 5.41) is 10.4. The molecule has 0 atom stereocenters. The van der Waals surface area contributed by atoms with Crippen LogP contribution in [-0.4, -0.2) is 19.5 Å². The van der Waals surface area contributed by atoms with Gasteiger partial charge >= 0.3 is 0 Å². The monoisotopic (exact) mass is 836 g/mol. The third-order valence-electron chi connectivity index (χ3n) is 14.4. The van der Waals surface area contributed by atoms with Crippen molar-refractivity contribution in [2.75, 3.05) is 0 Å². The largest absolute Gasteiger partial charge is 0.309 e. The summed E-state index contributed by atoms with van der Waals surface area (Å²) in [4.78, 5) is 15.6. The molecule has 9 aromatic carbocycles. The number of fused-ring (bicyclic) bond motifs is 17. The molecule has 2 aliphatic carbocycles. The molecule has 0 radical (unpaired) electrons. The molecule has 0 aliphatic heterocycles. The quantitative estimate of drug-likeness (QED) is 0.177. The van der Waals surface area contributed by atoms with Crippen molar-refractivity contribution in [1.82, 2.24) is 19.5 Å². The van der Waals surface area contributed by atoms with Crippen LogP contribution < -0.4 is 0 Å². The minimum Gasteiger partial charge on any atom is -0.309 e. The first-order valence-electron chi connectivity index (χ1n) is 22.6. The molecule has 302 valence electrons. The van der Waals surface area contributed by atoms with Crippen LogP contribution in [0.5, 0.6) is 0 Å². The first kappa shape index (κ1) is 36.1. The molecule has 0 saturated heterocycles. The van der Waals surface area contributed by atoms with Crippen molar-refractivity contribution in [3.8, 4) is 51.0 Å². The average molecular weight is 837 g/mol. The molecule has 3 aromatic heterocycles. The van der Waals surface area contributed by atoms with E-state index >= 15 is 0 Å². The maximum atomic E-state index is 5.29. The molecule has 1 fully saturated rings. The van der Waals surface area contributed by atoms with E-state index in [-0.39, 0.29) is 5.41 Å². The molecule has 0 N–H and O–H groups in total. The van der Waals surface area contributed by atoms with Crippen molar-refractivity contribution < 1.29 is 0 Å². The number of hydrogen-bond acceptors (Lipinski definition) is 4. The number of thiophene rings is 1. The predicted octanol–water partition coefficient (Wildman–Crippen LogP) is 15.9. The van der Waals surface area contributed by atoms with E-state index in [4.69, 9.17) is 15.0 Å². The molecule has 0 unspecified atom stereocenters. The molecule has 5 heteroatoms. The number of benzene rings is 9. The van der Waals surface area contributed by atoms with Gasteiger partial charge in [-0.2, -0.15) is 0 Å². The second-order valence-electron chi connectivity index (χ2n) is 17.7. The Labute approximate surface area is 374 Å². The molecule has 3 heterocycles. The molecular weight excluding hydrogens is 797 g/mol. The predicted molar refractivity (Wildman–Crippen MR) is 268 cm³/mol. The lowest BCUT2D eigenvalue weighted by Gasteiger charge is -2.36. The Hall–Kier alpha value is -7.47. The van der Waals surface area contributed by atoms with Crippen molar-refractivity contribution in [3.63, 3.8) is 0 Å². The Balaban J connectivity index is 1.02. The van der Waals surface area contributed by atoms with E-state index in [1.165, 1.54) is 112 Å². The number of hydrogen-bond donors (Lipinski definition) is 0. The summed E-state index contributed by atoms with van der Waals surface area (Å²) in [6.07, 6.45) is 6.13. The van der Waals surface area contributed by atoms with Crippen LogP contribution in [0.3, 0.4) is 0 Å². The van der Waals surface area contributed by atoms with Gasteiger partial charge in [0.25, 0.3) is 0 Å². The van der Waals surface area contributed by atoms with Crippen molar-refractivity contribution >= 4 is 74.9 Å². The second-order valence-corrected chi connectivity index (χ2v) is 18.8. The SMILES string of the molecule is c1ccc(-c2nc(-c3ccc(-n4c5ccc6ccccc6c5c5c6c(c7ccccc7c54)-c4ccccc4C64CCCCC4)cc3)nc(-c3cccc4sc5ccccc5c34)n2)cc1. The smallest absolute Gasteiger partial charge is 0.164 e. The van der Waals surface area contributed by atoms with Gasteiger partial charge in [0.05, 0.1) is 11.0 Å². The van der Waals surface area contributed by atoms with Crippen molar-refractivity contribution in [3.05, 3.63) is 193 Å². The number of rotatable bonds is 4. The van der Waals surface area contributed by atoms with Gasteiger partial charge in [0.1, 0.15) is 0 Å². The van der Waals surface area contributed by atoms with Crippen LogP contribution in [0, 0.1) is 0 Å². The Morgan fingerprint density at radius 3 is 1.91 bits per heavy atom. The minimum absolute atomic E-state index is 0.0289. The Morgan fingerprint density at radius 1 is 0.438 bits per heavy atom. The van der Waals surface area contributed by atoms with Crippen LogP contribution in [0.2, 0.25) is 0 Å². The molecule has 4 nitrogen and oxygen atoms in total. The summed E-state index contributed by atoms with van der Waals surface area (Å²) in [6.45, 7) is 0. The molecule has 1 spiro atoms. The van der Waals surface area contributed by atoms with Gasteiger partial charge in [-0.25, -0.2) is 15.0 Å². The summed E-state index contributed by atoms with van der Waals surface area (Å²) in [6, 6.07) is 66.5. The summed E-state index contributed by atoms with van der Waals surface area (Å²) < 4.78 is 5.04. The highest BCUT2D eigenvalue weighted by atomic mass is 32.1. The highest BCUT2D eigenvalue weighted by molar-refractivity contribution is 7.25. The normalized spacial score (nSPS) is 14.4. The second kappa shape index (κ2) is 13.8. The maximum Gasteiger partial charge on any atom is 0.164 e. The molecule has 0 bridgehead atoms. The van der Waals surface area contributed by atoms with E-state index in [9.17, 15) is 0 Å². The van der Waals surface area contributed by atoms with Crippen LogP contribution in [0.25, 0.3) is 115 Å². The zero-order valence-corrected chi connectivity index (χ0v) is 35.9. The van der Waals surface area contributed by atoms with Crippen LogP contribution >= 0.6 is 11.3 Å². The lowest BCUT2D eigenvalue weighted by molar-refractivity contribution is 0.355. The third kappa shape index (κ3) is 5.07. The van der Waals surface area contributed by atoms with Gasteiger partial charge in [0.2, 0.25) is 0 Å². The number of aromatic nitrogens is 4. The van der Waals surface area contributed by atoms with Gasteiger partial charge in [-0.05, 0) is 93.7 Å². The lowest BCUT2D eigenvalue weighted by atomic mass is 9.66. The fourth-order valence-electron chi connectivity index (χ4n) is 11.7. The molecule has 0 amide bonds. The summed E-state index contributed by atoms with van der Waals surface area (Å²) in [5.41, 5.74) is 12.4. The fraction of sp³-hybridized carbons (Fsp3) is 0.102.